The van der Waals surface area contributed by atoms with Crippen LogP contribution in [0.4, 0.5) is 22.7 Å². The monoisotopic (exact) mass is 781 g/mol. The molecule has 8 aliphatic carbocycles. The van der Waals surface area contributed by atoms with Crippen LogP contribution >= 0.6 is 0 Å². The lowest BCUT2D eigenvalue weighted by atomic mass is 9.83. The average molecular weight is 782 g/mol. The van der Waals surface area contributed by atoms with Gasteiger partial charge in [0.25, 0.3) is 0 Å². The van der Waals surface area contributed by atoms with Crippen molar-refractivity contribution in [1.29, 1.82) is 5.26 Å². The summed E-state index contributed by atoms with van der Waals surface area (Å²) in [4.78, 5) is 10.7. The molecule has 0 amide bonds. The summed E-state index contributed by atoms with van der Waals surface area (Å²) in [6.07, 6.45) is 58.4. The van der Waals surface area contributed by atoms with Gasteiger partial charge < -0.3 is 19.6 Å². The van der Waals surface area contributed by atoms with Gasteiger partial charge in [0.2, 0.25) is 0 Å². The molecule has 296 valence electrons. The molecule has 13 rings (SSSR count). The summed E-state index contributed by atoms with van der Waals surface area (Å²) >= 11 is 0. The average Bonchev–Trinajstić information content (AvgIpc) is 4.04. The number of hydrogen-bond donors (Lipinski definition) is 0. The van der Waals surface area contributed by atoms with Gasteiger partial charge >= 0.3 is 0 Å². The fourth-order valence-electron chi connectivity index (χ4n) is 13.2. The lowest BCUT2D eigenvalue weighted by molar-refractivity contribution is 0.481. The van der Waals surface area contributed by atoms with Crippen molar-refractivity contribution < 1.29 is 0 Å². The van der Waals surface area contributed by atoms with E-state index < -0.39 is 0 Å². The molecule has 0 bridgehead atoms. The molecule has 0 spiro atoms. The van der Waals surface area contributed by atoms with E-state index in [-0.39, 0.29) is 24.2 Å². The number of nitrogens with zero attached hydrogens (tertiary/aromatic N) is 5. The Balaban J connectivity index is 1.16. The van der Waals surface area contributed by atoms with Gasteiger partial charge in [-0.3, -0.25) is 0 Å². The molecule has 5 heteroatoms. The third-order valence-corrected chi connectivity index (χ3v) is 15.6. The summed E-state index contributed by atoms with van der Waals surface area (Å²) in [6, 6.07) is 6.47. The molecule has 5 atom stereocenters. The SMILES string of the molecule is N#Cc1c(N2C3=C(CCC=C3)C3=CC=CCC32)c(N2C3=C(CCC=C3)C3=CC=CCC32)cc(N2C3=C(CCC=C3)C3=CC=CCC32)c1N1C2=C(CCC=C2)C2CC=CCC21. The van der Waals surface area contributed by atoms with Crippen molar-refractivity contribution in [3.63, 3.8) is 0 Å². The van der Waals surface area contributed by atoms with E-state index in [2.05, 4.69) is 147 Å². The molecule has 5 nitrogen and oxygen atoms in total. The fourth-order valence-corrected chi connectivity index (χ4v) is 13.2. The maximum Gasteiger partial charge on any atom is 0.104 e. The fraction of sp³-hybridized carbons (Fsp3) is 0.327. The van der Waals surface area contributed by atoms with Crippen LogP contribution in [-0.2, 0) is 0 Å². The van der Waals surface area contributed by atoms with Crippen LogP contribution in [0.25, 0.3) is 0 Å². The molecule has 0 N–H and O–H groups in total. The Bertz CT molecular complexity index is 2690. The van der Waals surface area contributed by atoms with Crippen molar-refractivity contribution in [2.24, 2.45) is 5.92 Å². The van der Waals surface area contributed by atoms with Gasteiger partial charge in [0, 0.05) is 34.7 Å². The zero-order chi connectivity index (χ0) is 39.5. The van der Waals surface area contributed by atoms with Gasteiger partial charge in [0.1, 0.15) is 11.6 Å². The second-order valence-corrected chi connectivity index (χ2v) is 18.4. The molecule has 12 aliphatic rings. The first-order chi connectivity index (χ1) is 29.8. The quantitative estimate of drug-likeness (QED) is 0.284. The van der Waals surface area contributed by atoms with Crippen LogP contribution in [0.15, 0.2) is 183 Å². The summed E-state index contributed by atoms with van der Waals surface area (Å²) in [5, 5.41) is 12.3. The predicted octanol–water partition coefficient (Wildman–Crippen LogP) is 12.4. The van der Waals surface area contributed by atoms with Crippen LogP contribution in [0.1, 0.15) is 89.0 Å². The molecule has 4 heterocycles. The topological polar surface area (TPSA) is 36.8 Å². The van der Waals surface area contributed by atoms with Crippen molar-refractivity contribution in [1.82, 2.24) is 0 Å². The molecule has 5 unspecified atom stereocenters. The van der Waals surface area contributed by atoms with Gasteiger partial charge in [-0.05, 0) is 153 Å². The normalized spacial score (nSPS) is 30.0. The number of hydrogen-bond acceptors (Lipinski definition) is 5. The number of anilines is 4. The Morgan fingerprint density at radius 1 is 0.467 bits per heavy atom. The molecule has 0 radical (unpaired) electrons. The van der Waals surface area contributed by atoms with Gasteiger partial charge in [0.05, 0.1) is 40.9 Å². The molecular weight excluding hydrogens is 731 g/mol. The molecule has 0 saturated carbocycles. The van der Waals surface area contributed by atoms with E-state index in [1.165, 1.54) is 67.6 Å². The molecule has 4 aliphatic heterocycles. The summed E-state index contributed by atoms with van der Waals surface area (Å²) < 4.78 is 0. The number of rotatable bonds is 4. The van der Waals surface area contributed by atoms with Crippen molar-refractivity contribution in [2.75, 3.05) is 19.6 Å². The van der Waals surface area contributed by atoms with Crippen LogP contribution in [0.3, 0.4) is 0 Å². The number of nitriles is 1. The molecule has 60 heavy (non-hydrogen) atoms. The van der Waals surface area contributed by atoms with Gasteiger partial charge in [-0.1, -0.05) is 91.1 Å². The van der Waals surface area contributed by atoms with E-state index in [1.54, 1.807) is 5.57 Å². The van der Waals surface area contributed by atoms with Crippen LogP contribution in [0.5, 0.6) is 0 Å². The molecule has 0 saturated heterocycles. The third-order valence-electron chi connectivity index (χ3n) is 15.6. The lowest BCUT2D eigenvalue weighted by Crippen LogP contribution is -2.40. The van der Waals surface area contributed by atoms with Gasteiger partial charge in [-0.15, -0.1) is 0 Å². The smallest absolute Gasteiger partial charge is 0.104 e. The number of fused-ring (bicyclic) bond motifs is 8. The van der Waals surface area contributed by atoms with E-state index in [9.17, 15) is 5.26 Å². The van der Waals surface area contributed by atoms with Crippen molar-refractivity contribution >= 4 is 22.7 Å². The summed E-state index contributed by atoms with van der Waals surface area (Å²) in [7, 11) is 0. The zero-order valence-electron chi connectivity index (χ0n) is 34.4. The Labute approximate surface area is 354 Å². The predicted molar refractivity (Wildman–Crippen MR) is 245 cm³/mol. The van der Waals surface area contributed by atoms with E-state index in [0.29, 0.717) is 5.92 Å². The van der Waals surface area contributed by atoms with Crippen LogP contribution in [-0.4, -0.2) is 24.2 Å². The first kappa shape index (κ1) is 34.8. The highest BCUT2D eigenvalue weighted by Gasteiger charge is 2.49. The maximum absolute atomic E-state index is 12.3. The minimum absolute atomic E-state index is 0.139. The van der Waals surface area contributed by atoms with Gasteiger partial charge in [-0.2, -0.15) is 5.26 Å². The van der Waals surface area contributed by atoms with Crippen LogP contribution < -0.4 is 19.6 Å². The highest BCUT2D eigenvalue weighted by molar-refractivity contribution is 5.99. The van der Waals surface area contributed by atoms with Crippen LogP contribution in [0, 0.1) is 17.2 Å². The van der Waals surface area contributed by atoms with Gasteiger partial charge in [0.15, 0.2) is 0 Å². The second-order valence-electron chi connectivity index (χ2n) is 18.4. The lowest BCUT2D eigenvalue weighted by Gasteiger charge is -2.43. The summed E-state index contributed by atoms with van der Waals surface area (Å²) in [5.41, 5.74) is 21.0. The van der Waals surface area contributed by atoms with Crippen molar-refractivity contribution in [3.8, 4) is 6.07 Å². The molecule has 0 aromatic heterocycles. The Hall–Kier alpha value is -5.99. The minimum Gasteiger partial charge on any atom is -0.335 e. The standard InChI is InChI=1S/C55H51N5/c56-34-43-54(59-48-29-13-5-21-39(48)40-22-6-14-30-49(40)59)52(57-44-25-9-1-17-35(44)36-18-2-10-26-45(36)57)33-53(58-46-27-11-3-19-37(46)38-20-4-12-28-47(38)58)55(43)60-50-31-15-7-23-41(50)42-24-8-16-32-51(42)60/h1,3,5,7,9-17,19,21,26,28,30,32-33,41,44,46,48,50H,2,4,6,8,18,20,22-25,27,29,31H2. The molecule has 1 aromatic carbocycles. The second kappa shape index (κ2) is 13.5. The zero-order valence-corrected chi connectivity index (χ0v) is 34.4. The minimum atomic E-state index is 0.139. The van der Waals surface area contributed by atoms with E-state index >= 15 is 0 Å². The third kappa shape index (κ3) is 4.79. The highest BCUT2D eigenvalue weighted by atomic mass is 15.3. The largest absolute Gasteiger partial charge is 0.335 e. The van der Waals surface area contributed by atoms with E-state index in [1.807, 2.05) is 0 Å². The molecule has 0 fully saturated rings. The van der Waals surface area contributed by atoms with Crippen molar-refractivity contribution in [3.05, 3.63) is 189 Å². The first-order valence-corrected chi connectivity index (χ1v) is 22.9. The summed E-state index contributed by atoms with van der Waals surface area (Å²) in [6.45, 7) is 0. The van der Waals surface area contributed by atoms with E-state index in [0.717, 1.165) is 100 Å². The maximum atomic E-state index is 12.3. The first-order valence-electron chi connectivity index (χ1n) is 22.9. The Morgan fingerprint density at radius 2 is 0.933 bits per heavy atom. The Morgan fingerprint density at radius 3 is 1.48 bits per heavy atom. The van der Waals surface area contributed by atoms with Gasteiger partial charge in [-0.25, -0.2) is 0 Å². The molecule has 1 aromatic rings. The number of benzene rings is 1. The summed E-state index contributed by atoms with van der Waals surface area (Å²) in [5.74, 6) is 0.453. The van der Waals surface area contributed by atoms with Crippen LogP contribution in [0.2, 0.25) is 0 Å². The Kier molecular flexibility index (Phi) is 7.84. The van der Waals surface area contributed by atoms with Crippen molar-refractivity contribution in [2.45, 2.75) is 108 Å². The number of allylic oxidation sites excluding steroid dienone is 15. The molecular formula is C55H51N5. The van der Waals surface area contributed by atoms with E-state index in [4.69, 9.17) is 0 Å². The highest BCUT2D eigenvalue weighted by Crippen LogP contribution is 2.60.